The van der Waals surface area contributed by atoms with Crippen molar-refractivity contribution in [2.45, 2.75) is 25.9 Å². The van der Waals surface area contributed by atoms with Gasteiger partial charge in [0.25, 0.3) is 5.91 Å². The van der Waals surface area contributed by atoms with Crippen LogP contribution in [-0.4, -0.2) is 29.8 Å². The summed E-state index contributed by atoms with van der Waals surface area (Å²) in [5.74, 6) is -4.57. The number of carbonyl (C=O) groups excluding carboxylic acids is 1. The first-order chi connectivity index (χ1) is 13.8. The van der Waals surface area contributed by atoms with E-state index in [4.69, 9.17) is 4.74 Å². The summed E-state index contributed by atoms with van der Waals surface area (Å²) < 4.78 is 54.8. The number of hydrogen-bond donors (Lipinski definition) is 1. The average molecular weight is 406 g/mol. The van der Waals surface area contributed by atoms with Crippen LogP contribution < -0.4 is 5.32 Å². The molecule has 1 amide bonds. The zero-order valence-electron chi connectivity index (χ0n) is 15.5. The molecule has 152 valence electrons. The molecule has 0 unspecified atom stereocenters. The zero-order chi connectivity index (χ0) is 21.0. The van der Waals surface area contributed by atoms with E-state index in [9.17, 15) is 22.4 Å². The largest absolute Gasteiger partial charge is 0.370 e. The van der Waals surface area contributed by atoms with Gasteiger partial charge in [0.15, 0.2) is 0 Å². The molecule has 1 heterocycles. The highest BCUT2D eigenvalue weighted by molar-refractivity contribution is 6.06. The highest BCUT2D eigenvalue weighted by Gasteiger charge is 2.40. The van der Waals surface area contributed by atoms with Gasteiger partial charge in [-0.15, -0.1) is 0 Å². The Labute approximate surface area is 164 Å². The molecule has 8 heteroatoms. The van der Waals surface area contributed by atoms with Gasteiger partial charge in [0.1, 0.15) is 6.61 Å². The minimum atomic E-state index is -4.20. The number of aromatic nitrogens is 1. The number of aryl methyl sites for hydroxylation is 1. The number of alkyl halides is 4. The molecule has 3 rings (SSSR count). The molecule has 4 nitrogen and oxygen atoms in total. The lowest BCUT2D eigenvalue weighted by molar-refractivity contribution is -0.168. The number of nitrogens with zero attached hydrogens (tertiary/aromatic N) is 1. The van der Waals surface area contributed by atoms with Crippen LogP contribution in [-0.2, 0) is 11.3 Å². The van der Waals surface area contributed by atoms with Crippen LogP contribution in [0.1, 0.15) is 21.6 Å². The third-order valence-electron chi connectivity index (χ3n) is 4.23. The van der Waals surface area contributed by atoms with Gasteiger partial charge in [-0.1, -0.05) is 30.3 Å². The third-order valence-corrected chi connectivity index (χ3v) is 4.23. The number of amides is 1. The van der Waals surface area contributed by atoms with Crippen LogP contribution in [0.3, 0.4) is 0 Å². The molecule has 0 atom stereocenters. The number of ether oxygens (including phenoxy) is 1. The Morgan fingerprint density at radius 2 is 1.90 bits per heavy atom. The minimum Gasteiger partial charge on any atom is -0.370 e. The van der Waals surface area contributed by atoms with Crippen molar-refractivity contribution in [3.05, 3.63) is 71.4 Å². The predicted molar refractivity (Wildman–Crippen MR) is 101 cm³/mol. The molecule has 1 N–H and O–H groups in total. The molecular formula is C21H18F4N2O2. The zero-order valence-corrected chi connectivity index (χ0v) is 15.5. The quantitative estimate of drug-likeness (QED) is 0.548. The van der Waals surface area contributed by atoms with Crippen LogP contribution in [0.4, 0.5) is 23.2 Å². The molecule has 0 aliphatic carbocycles. The van der Waals surface area contributed by atoms with Crippen molar-refractivity contribution in [3.8, 4) is 0 Å². The van der Waals surface area contributed by atoms with Gasteiger partial charge in [-0.2, -0.15) is 8.78 Å². The Hall–Kier alpha value is -3.00. The highest BCUT2D eigenvalue weighted by Crippen LogP contribution is 2.24. The number of nitrogens with one attached hydrogen (secondary N) is 1. The summed E-state index contributed by atoms with van der Waals surface area (Å²) >= 11 is 0. The first kappa shape index (κ1) is 20.7. The van der Waals surface area contributed by atoms with Crippen LogP contribution in [0.5, 0.6) is 0 Å². The summed E-state index contributed by atoms with van der Waals surface area (Å²) in [6.45, 7) is 0.0561. The molecule has 1 aromatic heterocycles. The van der Waals surface area contributed by atoms with Gasteiger partial charge in [-0.3, -0.25) is 9.78 Å². The molecule has 3 aromatic rings. The van der Waals surface area contributed by atoms with Gasteiger partial charge >= 0.3 is 12.3 Å². The number of anilines is 1. The second-order valence-electron chi connectivity index (χ2n) is 6.52. The molecule has 0 aliphatic rings. The topological polar surface area (TPSA) is 51.2 Å². The fourth-order valence-corrected chi connectivity index (χ4v) is 2.75. The fourth-order valence-electron chi connectivity index (χ4n) is 2.75. The molecule has 0 spiro atoms. The predicted octanol–water partition coefficient (Wildman–Crippen LogP) is 5.21. The molecule has 29 heavy (non-hydrogen) atoms. The lowest BCUT2D eigenvalue weighted by Gasteiger charge is -2.15. The summed E-state index contributed by atoms with van der Waals surface area (Å²) in [5, 5.41) is 3.55. The third kappa shape index (κ3) is 5.08. The number of rotatable bonds is 7. The maximum Gasteiger partial charge on any atom is 0.330 e. The second kappa shape index (κ2) is 8.57. The van der Waals surface area contributed by atoms with E-state index in [0.29, 0.717) is 22.5 Å². The second-order valence-corrected chi connectivity index (χ2v) is 6.52. The number of halogens is 4. The minimum absolute atomic E-state index is 0.289. The van der Waals surface area contributed by atoms with Gasteiger partial charge in [-0.25, -0.2) is 8.78 Å². The fraction of sp³-hybridized carbons (Fsp3) is 0.238. The van der Waals surface area contributed by atoms with Crippen LogP contribution in [0.15, 0.2) is 54.6 Å². The molecule has 2 aromatic carbocycles. The van der Waals surface area contributed by atoms with Gasteiger partial charge in [0.05, 0.1) is 23.4 Å². The molecule has 0 saturated heterocycles. The first-order valence-electron chi connectivity index (χ1n) is 8.76. The van der Waals surface area contributed by atoms with Gasteiger partial charge in [0, 0.05) is 11.1 Å². The summed E-state index contributed by atoms with van der Waals surface area (Å²) in [7, 11) is 0. The van der Waals surface area contributed by atoms with E-state index in [1.54, 1.807) is 31.2 Å². The van der Waals surface area contributed by atoms with Crippen molar-refractivity contribution >= 4 is 22.5 Å². The van der Waals surface area contributed by atoms with Gasteiger partial charge in [-0.05, 0) is 36.8 Å². The Morgan fingerprint density at radius 3 is 2.66 bits per heavy atom. The maximum absolute atomic E-state index is 12.9. The van der Waals surface area contributed by atoms with E-state index in [1.165, 1.54) is 6.07 Å². The van der Waals surface area contributed by atoms with Crippen molar-refractivity contribution in [2.75, 3.05) is 11.9 Å². The molecule has 0 fully saturated rings. The molecule has 0 radical (unpaired) electrons. The molecular weight excluding hydrogens is 388 g/mol. The molecule has 0 saturated carbocycles. The number of carbonyl (C=O) groups is 1. The van der Waals surface area contributed by atoms with E-state index < -0.39 is 19.0 Å². The van der Waals surface area contributed by atoms with Crippen molar-refractivity contribution < 1.29 is 27.1 Å². The van der Waals surface area contributed by atoms with E-state index in [0.717, 1.165) is 10.9 Å². The normalized spacial score (nSPS) is 11.8. The monoisotopic (exact) mass is 406 g/mol. The number of fused-ring (bicyclic) bond motifs is 1. The van der Waals surface area contributed by atoms with E-state index in [-0.39, 0.29) is 12.5 Å². The Bertz CT molecular complexity index is 1020. The number of para-hydroxylation sites is 1. The summed E-state index contributed by atoms with van der Waals surface area (Å²) in [6.07, 6.45) is -3.79. The molecule has 0 bridgehead atoms. The van der Waals surface area contributed by atoms with E-state index >= 15 is 0 Å². The summed E-state index contributed by atoms with van der Waals surface area (Å²) in [5.41, 5.74) is 2.63. The van der Waals surface area contributed by atoms with Crippen molar-refractivity contribution in [1.82, 2.24) is 4.98 Å². The van der Waals surface area contributed by atoms with Crippen LogP contribution in [0, 0.1) is 6.92 Å². The van der Waals surface area contributed by atoms with Crippen molar-refractivity contribution in [2.24, 2.45) is 0 Å². The molecule has 0 aliphatic heterocycles. The summed E-state index contributed by atoms with van der Waals surface area (Å²) in [6, 6.07) is 15.5. The van der Waals surface area contributed by atoms with E-state index in [1.807, 2.05) is 24.3 Å². The van der Waals surface area contributed by atoms with Crippen molar-refractivity contribution in [1.29, 1.82) is 0 Å². The van der Waals surface area contributed by atoms with Crippen molar-refractivity contribution in [3.63, 3.8) is 0 Å². The lowest BCUT2D eigenvalue weighted by atomic mass is 10.1. The smallest absolute Gasteiger partial charge is 0.330 e. The van der Waals surface area contributed by atoms with Crippen LogP contribution in [0.25, 0.3) is 10.9 Å². The standard InChI is InChI=1S/C21H18F4N2O2/c1-13-17(10-15-6-2-3-8-18(15)26-13)19(28)27-16-7-4-5-14(9-16)11-29-12-21(24,25)20(22)23/h2-10,20H,11-12H2,1H3,(H,27,28). The number of pyridine rings is 1. The van der Waals surface area contributed by atoms with Crippen LogP contribution in [0.2, 0.25) is 0 Å². The Balaban J connectivity index is 1.68. The van der Waals surface area contributed by atoms with Gasteiger partial charge in [0.2, 0.25) is 0 Å². The summed E-state index contributed by atoms with van der Waals surface area (Å²) in [4.78, 5) is 17.1. The SMILES string of the molecule is Cc1nc2ccccc2cc1C(=O)Nc1cccc(COCC(F)(F)C(F)F)c1. The van der Waals surface area contributed by atoms with E-state index in [2.05, 4.69) is 10.3 Å². The number of hydrogen-bond acceptors (Lipinski definition) is 3. The maximum atomic E-state index is 12.9. The lowest BCUT2D eigenvalue weighted by Crippen LogP contribution is -2.32. The van der Waals surface area contributed by atoms with Gasteiger partial charge < -0.3 is 10.1 Å². The van der Waals surface area contributed by atoms with Crippen LogP contribution >= 0.6 is 0 Å². The first-order valence-corrected chi connectivity index (χ1v) is 8.76. The Morgan fingerprint density at radius 1 is 1.14 bits per heavy atom. The Kier molecular flexibility index (Phi) is 6.12. The number of benzene rings is 2. The average Bonchev–Trinajstić information content (AvgIpc) is 2.67. The highest BCUT2D eigenvalue weighted by atomic mass is 19.3.